The van der Waals surface area contributed by atoms with Crippen LogP contribution in [0.1, 0.15) is 39.6 Å². The molecule has 3 nitrogen and oxygen atoms in total. The molecule has 1 atom stereocenters. The van der Waals surface area contributed by atoms with Crippen LogP contribution in [0.5, 0.6) is 5.75 Å². The monoisotopic (exact) mass is 382 g/mol. The van der Waals surface area contributed by atoms with Crippen LogP contribution in [0.3, 0.4) is 0 Å². The number of aryl methyl sites for hydroxylation is 2. The van der Waals surface area contributed by atoms with Crippen molar-refractivity contribution in [3.63, 3.8) is 0 Å². The molecule has 29 heavy (non-hydrogen) atoms. The second kappa shape index (κ2) is 7.41. The van der Waals surface area contributed by atoms with Crippen molar-refractivity contribution in [3.8, 4) is 5.75 Å². The molecule has 146 valence electrons. The van der Waals surface area contributed by atoms with Crippen molar-refractivity contribution >= 4 is 10.9 Å². The number of nitrogens with one attached hydrogen (secondary N) is 2. The Kier molecular flexibility index (Phi) is 4.61. The van der Waals surface area contributed by atoms with E-state index >= 15 is 0 Å². The standard InChI is InChI=1S/C26H26N2O/c1-17-8-10-21(18(2)14-17)25-26-22(12-13-27-25)23-15-20(9-11-24(23)28-26)29-16-19-6-4-3-5-7-19/h3-11,14-15,25,27-28H,12-13,16H2,1-2H3. The number of aromatic amines is 1. The van der Waals surface area contributed by atoms with Crippen molar-refractivity contribution in [1.82, 2.24) is 10.3 Å². The fraction of sp³-hybridized carbons (Fsp3) is 0.231. The van der Waals surface area contributed by atoms with Crippen LogP contribution in [-0.2, 0) is 13.0 Å². The van der Waals surface area contributed by atoms with Gasteiger partial charge in [-0.1, -0.05) is 54.1 Å². The summed E-state index contributed by atoms with van der Waals surface area (Å²) in [4.78, 5) is 3.69. The fourth-order valence-electron chi connectivity index (χ4n) is 4.45. The van der Waals surface area contributed by atoms with Crippen LogP contribution in [0.4, 0.5) is 0 Å². The average molecular weight is 383 g/mol. The minimum Gasteiger partial charge on any atom is -0.489 e. The lowest BCUT2D eigenvalue weighted by molar-refractivity contribution is 0.306. The van der Waals surface area contributed by atoms with Crippen LogP contribution < -0.4 is 10.1 Å². The molecular formula is C26H26N2O. The number of hydrogen-bond donors (Lipinski definition) is 2. The van der Waals surface area contributed by atoms with Gasteiger partial charge in [0.15, 0.2) is 0 Å². The normalized spacial score (nSPS) is 16.0. The van der Waals surface area contributed by atoms with Crippen molar-refractivity contribution in [2.45, 2.75) is 32.9 Å². The predicted octanol–water partition coefficient (Wildman–Crippen LogP) is 5.60. The first-order chi connectivity index (χ1) is 14.2. The molecule has 0 spiro atoms. The van der Waals surface area contributed by atoms with Gasteiger partial charge in [-0.05, 0) is 60.7 Å². The molecule has 0 bridgehead atoms. The lowest BCUT2D eigenvalue weighted by Gasteiger charge is -2.26. The van der Waals surface area contributed by atoms with E-state index in [9.17, 15) is 0 Å². The highest BCUT2D eigenvalue weighted by Gasteiger charge is 2.26. The van der Waals surface area contributed by atoms with E-state index in [0.717, 1.165) is 18.7 Å². The first-order valence-corrected chi connectivity index (χ1v) is 10.3. The van der Waals surface area contributed by atoms with Gasteiger partial charge in [-0.2, -0.15) is 0 Å². The number of hydrogen-bond acceptors (Lipinski definition) is 2. The Bertz CT molecular complexity index is 1160. The van der Waals surface area contributed by atoms with Gasteiger partial charge in [-0.15, -0.1) is 0 Å². The van der Waals surface area contributed by atoms with E-state index in [1.54, 1.807) is 0 Å². The molecule has 0 amide bonds. The van der Waals surface area contributed by atoms with Gasteiger partial charge in [0.2, 0.25) is 0 Å². The van der Waals surface area contributed by atoms with Crippen molar-refractivity contribution in [2.75, 3.05) is 6.54 Å². The van der Waals surface area contributed by atoms with Crippen LogP contribution in [0.25, 0.3) is 10.9 Å². The summed E-state index contributed by atoms with van der Waals surface area (Å²) in [7, 11) is 0. The van der Waals surface area contributed by atoms with E-state index in [0.29, 0.717) is 6.61 Å². The molecular weight excluding hydrogens is 356 g/mol. The van der Waals surface area contributed by atoms with Gasteiger partial charge in [0.05, 0.1) is 6.04 Å². The number of aromatic nitrogens is 1. The molecule has 4 aromatic rings. The first-order valence-electron chi connectivity index (χ1n) is 10.3. The topological polar surface area (TPSA) is 37.0 Å². The number of rotatable bonds is 4. The molecule has 3 heteroatoms. The average Bonchev–Trinajstić information content (AvgIpc) is 3.11. The highest BCUT2D eigenvalue weighted by Crippen LogP contribution is 2.36. The third-order valence-corrected chi connectivity index (χ3v) is 5.91. The van der Waals surface area contributed by atoms with Crippen LogP contribution in [0, 0.1) is 13.8 Å². The number of benzene rings is 3. The van der Waals surface area contributed by atoms with E-state index in [-0.39, 0.29) is 6.04 Å². The molecule has 0 saturated heterocycles. The predicted molar refractivity (Wildman–Crippen MR) is 119 cm³/mol. The highest BCUT2D eigenvalue weighted by atomic mass is 16.5. The Labute approximate surface area is 171 Å². The van der Waals surface area contributed by atoms with E-state index in [1.807, 2.05) is 18.2 Å². The maximum absolute atomic E-state index is 6.07. The Morgan fingerprint density at radius 1 is 0.966 bits per heavy atom. The molecule has 0 saturated carbocycles. The summed E-state index contributed by atoms with van der Waals surface area (Å²) in [5.41, 5.74) is 9.05. The summed E-state index contributed by atoms with van der Waals surface area (Å²) in [6, 6.07) is 23.7. The molecule has 2 N–H and O–H groups in total. The Hall–Kier alpha value is -3.04. The molecule has 0 aliphatic carbocycles. The van der Waals surface area contributed by atoms with E-state index in [2.05, 4.69) is 72.7 Å². The zero-order valence-corrected chi connectivity index (χ0v) is 17.0. The van der Waals surface area contributed by atoms with Crippen molar-refractivity contribution in [3.05, 3.63) is 100 Å². The Balaban J connectivity index is 1.49. The van der Waals surface area contributed by atoms with Gasteiger partial charge in [0.25, 0.3) is 0 Å². The Morgan fingerprint density at radius 2 is 1.83 bits per heavy atom. The summed E-state index contributed by atoms with van der Waals surface area (Å²) in [6.45, 7) is 5.92. The number of ether oxygens (including phenoxy) is 1. The van der Waals surface area contributed by atoms with E-state index < -0.39 is 0 Å². The maximum atomic E-state index is 6.07. The molecule has 5 rings (SSSR count). The van der Waals surface area contributed by atoms with E-state index in [1.165, 1.54) is 44.4 Å². The van der Waals surface area contributed by atoms with Crippen LogP contribution in [0.15, 0.2) is 66.7 Å². The van der Waals surface area contributed by atoms with E-state index in [4.69, 9.17) is 4.74 Å². The van der Waals surface area contributed by atoms with Gasteiger partial charge in [0.1, 0.15) is 12.4 Å². The van der Waals surface area contributed by atoms with Gasteiger partial charge >= 0.3 is 0 Å². The van der Waals surface area contributed by atoms with Crippen molar-refractivity contribution < 1.29 is 4.74 Å². The smallest absolute Gasteiger partial charge is 0.120 e. The summed E-state index contributed by atoms with van der Waals surface area (Å²) >= 11 is 0. The quantitative estimate of drug-likeness (QED) is 0.482. The summed E-state index contributed by atoms with van der Waals surface area (Å²) in [6.07, 6.45) is 1.03. The fourth-order valence-corrected chi connectivity index (χ4v) is 4.45. The van der Waals surface area contributed by atoms with Gasteiger partial charge in [-0.3, -0.25) is 0 Å². The largest absolute Gasteiger partial charge is 0.489 e. The second-order valence-electron chi connectivity index (χ2n) is 8.00. The van der Waals surface area contributed by atoms with Crippen LogP contribution >= 0.6 is 0 Å². The molecule has 2 heterocycles. The molecule has 1 unspecified atom stereocenters. The maximum Gasteiger partial charge on any atom is 0.120 e. The number of H-pyrrole nitrogens is 1. The molecule has 0 fully saturated rings. The lowest BCUT2D eigenvalue weighted by Crippen LogP contribution is -2.30. The third kappa shape index (κ3) is 3.43. The molecule has 0 radical (unpaired) electrons. The second-order valence-corrected chi connectivity index (χ2v) is 8.00. The van der Waals surface area contributed by atoms with Gasteiger partial charge in [0, 0.05) is 23.1 Å². The molecule has 3 aromatic carbocycles. The van der Waals surface area contributed by atoms with Crippen LogP contribution in [0.2, 0.25) is 0 Å². The Morgan fingerprint density at radius 3 is 2.66 bits per heavy atom. The van der Waals surface area contributed by atoms with Crippen molar-refractivity contribution in [2.24, 2.45) is 0 Å². The SMILES string of the molecule is Cc1ccc(C2NCCc3c2[nH]c2ccc(OCc4ccccc4)cc32)c(C)c1. The van der Waals surface area contributed by atoms with Gasteiger partial charge < -0.3 is 15.0 Å². The lowest BCUT2D eigenvalue weighted by atomic mass is 9.91. The molecule has 1 aliphatic rings. The molecule has 1 aliphatic heterocycles. The van der Waals surface area contributed by atoms with Crippen LogP contribution in [-0.4, -0.2) is 11.5 Å². The molecule has 1 aromatic heterocycles. The minimum atomic E-state index is 0.209. The van der Waals surface area contributed by atoms with Crippen molar-refractivity contribution in [1.29, 1.82) is 0 Å². The summed E-state index contributed by atoms with van der Waals surface area (Å²) < 4.78 is 6.07. The highest BCUT2D eigenvalue weighted by molar-refractivity contribution is 5.86. The zero-order chi connectivity index (χ0) is 19.8. The number of fused-ring (bicyclic) bond motifs is 3. The summed E-state index contributed by atoms with van der Waals surface area (Å²) in [5, 5.41) is 4.99. The summed E-state index contributed by atoms with van der Waals surface area (Å²) in [5.74, 6) is 0.921. The third-order valence-electron chi connectivity index (χ3n) is 5.91. The first kappa shape index (κ1) is 18.0. The minimum absolute atomic E-state index is 0.209. The zero-order valence-electron chi connectivity index (χ0n) is 17.0. The van der Waals surface area contributed by atoms with Gasteiger partial charge in [-0.25, -0.2) is 0 Å².